The SMILES string of the molecule is CC1(C)C(C(=O)N(Cc2ccco2)C2CC(=O)N(c3ccccc3)C2=O)C1(C)C. The summed E-state index contributed by atoms with van der Waals surface area (Å²) in [5.41, 5.74) is 0.189. The summed E-state index contributed by atoms with van der Waals surface area (Å²) in [5.74, 6) is -0.376. The van der Waals surface area contributed by atoms with Gasteiger partial charge in [-0.25, -0.2) is 4.90 Å². The van der Waals surface area contributed by atoms with Crippen molar-refractivity contribution in [2.24, 2.45) is 16.7 Å². The van der Waals surface area contributed by atoms with Crippen LogP contribution in [0.5, 0.6) is 0 Å². The molecule has 2 aliphatic rings. The molecular formula is C23H26N2O4. The Balaban J connectivity index is 1.66. The fraction of sp³-hybridized carbons (Fsp3) is 0.435. The highest BCUT2D eigenvalue weighted by molar-refractivity contribution is 6.23. The van der Waals surface area contributed by atoms with Gasteiger partial charge in [-0.1, -0.05) is 45.9 Å². The lowest BCUT2D eigenvalue weighted by atomic mass is 10.0. The van der Waals surface area contributed by atoms with Crippen LogP contribution >= 0.6 is 0 Å². The molecule has 1 aliphatic carbocycles. The molecule has 1 saturated carbocycles. The van der Waals surface area contributed by atoms with Crippen molar-refractivity contribution < 1.29 is 18.8 Å². The van der Waals surface area contributed by atoms with Gasteiger partial charge in [0.1, 0.15) is 11.8 Å². The van der Waals surface area contributed by atoms with Crippen LogP contribution in [0.25, 0.3) is 0 Å². The molecule has 0 radical (unpaired) electrons. The Labute approximate surface area is 170 Å². The summed E-state index contributed by atoms with van der Waals surface area (Å²) >= 11 is 0. The number of nitrogens with zero attached hydrogens (tertiary/aromatic N) is 2. The Bertz CT molecular complexity index is 933. The van der Waals surface area contributed by atoms with Crippen LogP contribution in [0.15, 0.2) is 53.1 Å². The second kappa shape index (κ2) is 6.58. The predicted molar refractivity (Wildman–Crippen MR) is 108 cm³/mol. The van der Waals surface area contributed by atoms with Crippen molar-refractivity contribution in [2.45, 2.75) is 46.7 Å². The summed E-state index contributed by atoms with van der Waals surface area (Å²) in [6, 6.07) is 11.5. The van der Waals surface area contributed by atoms with Crippen molar-refractivity contribution in [2.75, 3.05) is 4.90 Å². The molecule has 1 aromatic heterocycles. The standard InChI is InChI=1S/C23H26N2O4/c1-22(2)19(23(22,3)4)21(28)24(14-16-11-8-12-29-16)17-13-18(26)25(20(17)27)15-9-6-5-7-10-15/h5-12,17,19H,13-14H2,1-4H3. The minimum Gasteiger partial charge on any atom is -0.467 e. The molecule has 3 amide bonds. The fourth-order valence-corrected chi connectivity index (χ4v) is 4.60. The lowest BCUT2D eigenvalue weighted by Gasteiger charge is -2.28. The second-order valence-corrected chi connectivity index (χ2v) is 9.04. The molecule has 152 valence electrons. The van der Waals surface area contributed by atoms with E-state index in [1.54, 1.807) is 47.6 Å². The Kier molecular flexibility index (Phi) is 4.41. The van der Waals surface area contributed by atoms with Crippen molar-refractivity contribution in [1.82, 2.24) is 4.90 Å². The second-order valence-electron chi connectivity index (χ2n) is 9.04. The molecule has 1 aliphatic heterocycles. The highest BCUT2D eigenvalue weighted by Gasteiger charge is 2.69. The van der Waals surface area contributed by atoms with Crippen LogP contribution in [0.4, 0.5) is 5.69 Å². The van der Waals surface area contributed by atoms with E-state index in [0.717, 1.165) is 0 Å². The highest BCUT2D eigenvalue weighted by atomic mass is 16.3. The van der Waals surface area contributed by atoms with E-state index in [1.165, 1.54) is 4.90 Å². The van der Waals surface area contributed by atoms with E-state index in [9.17, 15) is 14.4 Å². The third-order valence-electron chi connectivity index (χ3n) is 6.97. The quantitative estimate of drug-likeness (QED) is 0.726. The average molecular weight is 394 g/mol. The molecule has 0 bridgehead atoms. The zero-order valence-electron chi connectivity index (χ0n) is 17.2. The monoisotopic (exact) mass is 394 g/mol. The summed E-state index contributed by atoms with van der Waals surface area (Å²) in [5, 5.41) is 0. The van der Waals surface area contributed by atoms with E-state index in [1.807, 2.05) is 6.07 Å². The molecule has 6 nitrogen and oxygen atoms in total. The first kappa shape index (κ1) is 19.4. The summed E-state index contributed by atoms with van der Waals surface area (Å²) in [6.45, 7) is 8.44. The maximum Gasteiger partial charge on any atom is 0.257 e. The van der Waals surface area contributed by atoms with Gasteiger partial charge in [-0.05, 0) is 35.1 Å². The van der Waals surface area contributed by atoms with Gasteiger partial charge >= 0.3 is 0 Å². The van der Waals surface area contributed by atoms with E-state index < -0.39 is 6.04 Å². The lowest BCUT2D eigenvalue weighted by Crippen LogP contribution is -2.46. The molecule has 2 fully saturated rings. The van der Waals surface area contributed by atoms with Gasteiger partial charge in [0.2, 0.25) is 11.8 Å². The Morgan fingerprint density at radius 1 is 1.07 bits per heavy atom. The first-order valence-electron chi connectivity index (χ1n) is 9.91. The molecule has 2 heterocycles. The van der Waals surface area contributed by atoms with Crippen LogP contribution in [0.1, 0.15) is 39.9 Å². The topological polar surface area (TPSA) is 70.8 Å². The molecular weight excluding hydrogens is 368 g/mol. The lowest BCUT2D eigenvalue weighted by molar-refractivity contribution is -0.141. The number of anilines is 1. The summed E-state index contributed by atoms with van der Waals surface area (Å²) in [6.07, 6.45) is 1.52. The largest absolute Gasteiger partial charge is 0.467 e. The summed E-state index contributed by atoms with van der Waals surface area (Å²) < 4.78 is 5.45. The number of carbonyl (C=O) groups is 3. The molecule has 1 unspecified atom stereocenters. The average Bonchev–Trinajstić information content (AvgIpc) is 3.08. The number of para-hydroxylation sites is 1. The molecule has 29 heavy (non-hydrogen) atoms. The van der Waals surface area contributed by atoms with Crippen LogP contribution in [0.2, 0.25) is 0 Å². The van der Waals surface area contributed by atoms with Crippen molar-refractivity contribution in [3.63, 3.8) is 0 Å². The van der Waals surface area contributed by atoms with Crippen molar-refractivity contribution in [3.8, 4) is 0 Å². The van der Waals surface area contributed by atoms with Gasteiger partial charge in [0.05, 0.1) is 24.9 Å². The maximum atomic E-state index is 13.5. The third kappa shape index (κ3) is 2.98. The van der Waals surface area contributed by atoms with E-state index in [-0.39, 0.29) is 47.4 Å². The number of amides is 3. The number of carbonyl (C=O) groups excluding carboxylic acids is 3. The van der Waals surface area contributed by atoms with Crippen LogP contribution in [-0.4, -0.2) is 28.7 Å². The van der Waals surface area contributed by atoms with Crippen LogP contribution in [0, 0.1) is 16.7 Å². The normalized spacial score (nSPS) is 22.8. The maximum absolute atomic E-state index is 13.5. The zero-order valence-corrected chi connectivity index (χ0v) is 17.2. The molecule has 1 atom stereocenters. The fourth-order valence-electron chi connectivity index (χ4n) is 4.60. The molecule has 0 spiro atoms. The van der Waals surface area contributed by atoms with Gasteiger partial charge in [-0.3, -0.25) is 14.4 Å². The van der Waals surface area contributed by atoms with Gasteiger partial charge in [0, 0.05) is 5.92 Å². The third-order valence-corrected chi connectivity index (χ3v) is 6.97. The molecule has 0 N–H and O–H groups in total. The van der Waals surface area contributed by atoms with Gasteiger partial charge in [0.15, 0.2) is 0 Å². The van der Waals surface area contributed by atoms with E-state index in [4.69, 9.17) is 4.42 Å². The van der Waals surface area contributed by atoms with Gasteiger partial charge in [-0.15, -0.1) is 0 Å². The van der Waals surface area contributed by atoms with Crippen LogP contribution < -0.4 is 4.90 Å². The smallest absolute Gasteiger partial charge is 0.257 e. The minimum absolute atomic E-state index is 0.0201. The number of benzene rings is 1. The zero-order chi connectivity index (χ0) is 21.0. The first-order valence-corrected chi connectivity index (χ1v) is 9.91. The molecule has 4 rings (SSSR count). The number of rotatable bonds is 5. The highest BCUT2D eigenvalue weighted by Crippen LogP contribution is 2.69. The summed E-state index contributed by atoms with van der Waals surface area (Å²) in [4.78, 5) is 42.2. The minimum atomic E-state index is -0.826. The van der Waals surface area contributed by atoms with Gasteiger partial charge < -0.3 is 9.32 Å². The molecule has 1 aromatic carbocycles. The van der Waals surface area contributed by atoms with E-state index in [2.05, 4.69) is 27.7 Å². The van der Waals surface area contributed by atoms with Gasteiger partial charge in [-0.2, -0.15) is 0 Å². The number of hydrogen-bond acceptors (Lipinski definition) is 4. The van der Waals surface area contributed by atoms with Crippen molar-refractivity contribution in [1.29, 1.82) is 0 Å². The molecule has 1 saturated heterocycles. The first-order chi connectivity index (χ1) is 13.7. The Morgan fingerprint density at radius 3 is 2.28 bits per heavy atom. The van der Waals surface area contributed by atoms with E-state index in [0.29, 0.717) is 11.4 Å². The molecule has 2 aromatic rings. The number of hydrogen-bond donors (Lipinski definition) is 0. The molecule has 6 heteroatoms. The number of imide groups is 1. The predicted octanol–water partition coefficient (Wildman–Crippen LogP) is 3.62. The van der Waals surface area contributed by atoms with Crippen LogP contribution in [-0.2, 0) is 20.9 Å². The Hall–Kier alpha value is -2.89. The van der Waals surface area contributed by atoms with Crippen molar-refractivity contribution >= 4 is 23.4 Å². The van der Waals surface area contributed by atoms with E-state index >= 15 is 0 Å². The van der Waals surface area contributed by atoms with Crippen molar-refractivity contribution in [3.05, 3.63) is 54.5 Å². The van der Waals surface area contributed by atoms with Gasteiger partial charge in [0.25, 0.3) is 5.91 Å². The van der Waals surface area contributed by atoms with Crippen LogP contribution in [0.3, 0.4) is 0 Å². The number of furan rings is 1. The Morgan fingerprint density at radius 2 is 1.72 bits per heavy atom. The summed E-state index contributed by atoms with van der Waals surface area (Å²) in [7, 11) is 0.